The molecule has 0 aliphatic rings. The Morgan fingerprint density at radius 3 is 2.46 bits per heavy atom. The number of nitro groups is 1. The number of hydrogen-bond donors (Lipinski definition) is 0. The third kappa shape index (κ3) is 4.84. The minimum Gasteiger partial charge on any atom is -0.302 e. The second kappa shape index (κ2) is 8.94. The fourth-order valence-electron chi connectivity index (χ4n) is 2.66. The van der Waals surface area contributed by atoms with Gasteiger partial charge in [-0.15, -0.1) is 10.2 Å². The number of benzene rings is 2. The van der Waals surface area contributed by atoms with Gasteiger partial charge in [0, 0.05) is 35.0 Å². The van der Waals surface area contributed by atoms with Crippen molar-refractivity contribution in [3.63, 3.8) is 0 Å². The van der Waals surface area contributed by atoms with Crippen LogP contribution < -0.4 is 0 Å². The van der Waals surface area contributed by atoms with Gasteiger partial charge in [0.25, 0.3) is 5.69 Å². The maximum atomic E-state index is 10.8. The highest BCUT2D eigenvalue weighted by Crippen LogP contribution is 2.32. The molecule has 6 nitrogen and oxygen atoms in total. The SMILES string of the molecule is CC(C)Cn1c(SCc2ccc([N+](=O)[O-])cc2)nnc1-c1ccc(Cl)cc1Cl. The number of nitro benzene ring substituents is 1. The van der Waals surface area contributed by atoms with Crippen LogP contribution in [-0.2, 0) is 12.3 Å². The van der Waals surface area contributed by atoms with Crippen LogP contribution in [0.1, 0.15) is 19.4 Å². The van der Waals surface area contributed by atoms with Crippen LogP contribution in [0.5, 0.6) is 0 Å². The Morgan fingerprint density at radius 2 is 1.86 bits per heavy atom. The molecule has 9 heteroatoms. The average Bonchev–Trinajstić information content (AvgIpc) is 3.02. The molecule has 1 heterocycles. The van der Waals surface area contributed by atoms with Crippen LogP contribution in [0.4, 0.5) is 5.69 Å². The zero-order chi connectivity index (χ0) is 20.3. The highest BCUT2D eigenvalue weighted by molar-refractivity contribution is 7.98. The molecule has 0 saturated carbocycles. The fourth-order valence-corrected chi connectivity index (χ4v) is 4.05. The van der Waals surface area contributed by atoms with Gasteiger partial charge in [-0.2, -0.15) is 0 Å². The normalized spacial score (nSPS) is 11.2. The standard InChI is InChI=1S/C19H18Cl2N4O2S/c1-12(2)10-24-18(16-8-5-14(20)9-17(16)21)22-23-19(24)28-11-13-3-6-15(7-4-13)25(26)27/h3-9,12H,10-11H2,1-2H3. The van der Waals surface area contributed by atoms with E-state index in [2.05, 4.69) is 28.6 Å². The molecule has 0 aliphatic heterocycles. The van der Waals surface area contributed by atoms with E-state index in [1.165, 1.54) is 23.9 Å². The molecule has 0 N–H and O–H groups in total. The van der Waals surface area contributed by atoms with Crippen LogP contribution >= 0.6 is 35.0 Å². The van der Waals surface area contributed by atoms with Gasteiger partial charge in [0.15, 0.2) is 11.0 Å². The number of halogens is 2. The summed E-state index contributed by atoms with van der Waals surface area (Å²) in [5.41, 5.74) is 1.83. The smallest absolute Gasteiger partial charge is 0.269 e. The minimum atomic E-state index is -0.404. The molecule has 0 unspecified atom stereocenters. The van der Waals surface area contributed by atoms with Gasteiger partial charge < -0.3 is 4.57 Å². The van der Waals surface area contributed by atoms with Gasteiger partial charge in [0.05, 0.1) is 9.95 Å². The van der Waals surface area contributed by atoms with Crippen molar-refractivity contribution in [2.24, 2.45) is 5.92 Å². The summed E-state index contributed by atoms with van der Waals surface area (Å²) >= 11 is 13.9. The third-order valence-corrected chi connectivity index (χ3v) is 5.54. The predicted molar refractivity (Wildman–Crippen MR) is 113 cm³/mol. The van der Waals surface area contributed by atoms with Crippen LogP contribution in [0.2, 0.25) is 10.0 Å². The average molecular weight is 437 g/mol. The summed E-state index contributed by atoms with van der Waals surface area (Å²) in [5.74, 6) is 1.71. The van der Waals surface area contributed by atoms with Gasteiger partial charge in [-0.1, -0.05) is 60.9 Å². The van der Waals surface area contributed by atoms with Crippen molar-refractivity contribution in [1.82, 2.24) is 14.8 Å². The van der Waals surface area contributed by atoms with E-state index < -0.39 is 4.92 Å². The Morgan fingerprint density at radius 1 is 1.14 bits per heavy atom. The summed E-state index contributed by atoms with van der Waals surface area (Å²) in [6.45, 7) is 4.99. The van der Waals surface area contributed by atoms with Crippen molar-refractivity contribution in [2.45, 2.75) is 31.3 Å². The molecule has 146 valence electrons. The lowest BCUT2D eigenvalue weighted by atomic mass is 10.2. The van der Waals surface area contributed by atoms with E-state index in [4.69, 9.17) is 23.2 Å². The molecule has 0 fully saturated rings. The zero-order valence-electron chi connectivity index (χ0n) is 15.3. The lowest BCUT2D eigenvalue weighted by molar-refractivity contribution is -0.384. The molecule has 0 spiro atoms. The second-order valence-corrected chi connectivity index (χ2v) is 8.43. The van der Waals surface area contributed by atoms with E-state index in [1.807, 2.05) is 6.07 Å². The Kier molecular flexibility index (Phi) is 6.59. The quantitative estimate of drug-likeness (QED) is 0.253. The third-order valence-electron chi connectivity index (χ3n) is 3.95. The van der Waals surface area contributed by atoms with Gasteiger partial charge in [0.2, 0.25) is 0 Å². The summed E-state index contributed by atoms with van der Waals surface area (Å²) in [6, 6.07) is 11.8. The van der Waals surface area contributed by atoms with Crippen molar-refractivity contribution in [2.75, 3.05) is 0 Å². The van der Waals surface area contributed by atoms with E-state index in [-0.39, 0.29) is 5.69 Å². The predicted octanol–water partition coefficient (Wildman–Crippen LogP) is 6.11. The van der Waals surface area contributed by atoms with E-state index in [1.54, 1.807) is 24.3 Å². The van der Waals surface area contributed by atoms with Gasteiger partial charge >= 0.3 is 0 Å². The molecular weight excluding hydrogens is 419 g/mol. The molecule has 3 rings (SSSR count). The summed E-state index contributed by atoms with van der Waals surface area (Å²) < 4.78 is 2.05. The molecule has 0 atom stereocenters. The Hall–Kier alpha value is -2.09. The highest BCUT2D eigenvalue weighted by Gasteiger charge is 2.18. The number of non-ortho nitro benzene ring substituents is 1. The molecule has 0 amide bonds. The first kappa shape index (κ1) is 20.6. The van der Waals surface area contributed by atoms with E-state index in [9.17, 15) is 10.1 Å². The summed E-state index contributed by atoms with van der Waals surface area (Å²) in [6.07, 6.45) is 0. The monoisotopic (exact) mass is 436 g/mol. The molecule has 28 heavy (non-hydrogen) atoms. The number of aromatic nitrogens is 3. The molecule has 0 bridgehead atoms. The zero-order valence-corrected chi connectivity index (χ0v) is 17.6. The summed E-state index contributed by atoms with van der Waals surface area (Å²) in [4.78, 5) is 10.4. The lowest BCUT2D eigenvalue weighted by Gasteiger charge is -2.13. The lowest BCUT2D eigenvalue weighted by Crippen LogP contribution is -2.08. The first-order chi connectivity index (χ1) is 13.3. The Labute approximate surface area is 177 Å². The van der Waals surface area contributed by atoms with E-state index in [0.29, 0.717) is 27.5 Å². The maximum absolute atomic E-state index is 10.8. The van der Waals surface area contributed by atoms with Crippen LogP contribution in [0.25, 0.3) is 11.4 Å². The fraction of sp³-hybridized carbons (Fsp3) is 0.263. The highest BCUT2D eigenvalue weighted by atomic mass is 35.5. The molecular formula is C19H18Cl2N4O2S. The summed E-state index contributed by atoms with van der Waals surface area (Å²) in [7, 11) is 0. The molecule has 0 radical (unpaired) electrons. The Balaban J connectivity index is 1.86. The van der Waals surface area contributed by atoms with Crippen molar-refractivity contribution in [1.29, 1.82) is 0 Å². The molecule has 3 aromatic rings. The van der Waals surface area contributed by atoms with Crippen molar-refractivity contribution in [3.05, 3.63) is 68.2 Å². The van der Waals surface area contributed by atoms with Crippen molar-refractivity contribution >= 4 is 40.7 Å². The van der Waals surface area contributed by atoms with Crippen molar-refractivity contribution < 1.29 is 4.92 Å². The van der Waals surface area contributed by atoms with E-state index in [0.717, 1.165) is 22.8 Å². The van der Waals surface area contributed by atoms with Gasteiger partial charge in [-0.05, 0) is 29.7 Å². The summed E-state index contributed by atoms with van der Waals surface area (Å²) in [5, 5.41) is 21.3. The molecule has 0 aliphatic carbocycles. The maximum Gasteiger partial charge on any atom is 0.269 e. The van der Waals surface area contributed by atoms with Crippen LogP contribution in [0.3, 0.4) is 0 Å². The van der Waals surface area contributed by atoms with Gasteiger partial charge in [-0.25, -0.2) is 0 Å². The number of thioether (sulfide) groups is 1. The van der Waals surface area contributed by atoms with Crippen LogP contribution in [-0.4, -0.2) is 19.7 Å². The van der Waals surface area contributed by atoms with E-state index >= 15 is 0 Å². The molecule has 2 aromatic carbocycles. The van der Waals surface area contributed by atoms with Gasteiger partial charge in [-0.3, -0.25) is 10.1 Å². The second-order valence-electron chi connectivity index (χ2n) is 6.65. The van der Waals surface area contributed by atoms with Crippen molar-refractivity contribution in [3.8, 4) is 11.4 Å². The number of nitrogens with zero attached hydrogens (tertiary/aromatic N) is 4. The largest absolute Gasteiger partial charge is 0.302 e. The number of rotatable bonds is 7. The molecule has 1 aromatic heterocycles. The topological polar surface area (TPSA) is 73.8 Å². The molecule has 0 saturated heterocycles. The Bertz CT molecular complexity index is 990. The minimum absolute atomic E-state index is 0.0800. The first-order valence-electron chi connectivity index (χ1n) is 8.60. The number of hydrogen-bond acceptors (Lipinski definition) is 5. The van der Waals surface area contributed by atoms with Crippen LogP contribution in [0, 0.1) is 16.0 Å². The van der Waals surface area contributed by atoms with Crippen LogP contribution in [0.15, 0.2) is 47.6 Å². The van der Waals surface area contributed by atoms with Gasteiger partial charge in [0.1, 0.15) is 0 Å². The first-order valence-corrected chi connectivity index (χ1v) is 10.3.